The highest BCUT2D eigenvalue weighted by molar-refractivity contribution is 7.91. The van der Waals surface area contributed by atoms with E-state index in [0.29, 0.717) is 0 Å². The van der Waals surface area contributed by atoms with E-state index in [4.69, 9.17) is 4.55 Å². The van der Waals surface area contributed by atoms with Crippen LogP contribution in [0.15, 0.2) is 24.3 Å². The second-order valence-corrected chi connectivity index (χ2v) is 12.3. The van der Waals surface area contributed by atoms with Gasteiger partial charge in [-0.15, -0.1) is 0 Å². The molecule has 31 heavy (non-hydrogen) atoms. The first kappa shape index (κ1) is 27.6. The van der Waals surface area contributed by atoms with Gasteiger partial charge in [-0.25, -0.2) is 0 Å². The second kappa shape index (κ2) is 8.51. The summed E-state index contributed by atoms with van der Waals surface area (Å²) in [7, 11) is -13.2. The fourth-order valence-electron chi connectivity index (χ4n) is 2.93. The van der Waals surface area contributed by atoms with Gasteiger partial charge >= 0.3 is 30.7 Å². The van der Waals surface area contributed by atoms with Crippen LogP contribution < -0.4 is 4.18 Å². The van der Waals surface area contributed by atoms with Crippen LogP contribution >= 0.6 is 0 Å². The average molecular weight is 493 g/mol. The van der Waals surface area contributed by atoms with Crippen LogP contribution in [0.4, 0.5) is 17.6 Å². The Balaban J connectivity index is 3.29. The van der Waals surface area contributed by atoms with Gasteiger partial charge in [-0.05, 0) is 40.9 Å². The molecule has 1 rings (SSSR count). The Hall–Kier alpha value is -1.40. The van der Waals surface area contributed by atoms with E-state index >= 15 is 0 Å². The van der Waals surface area contributed by atoms with Gasteiger partial charge in [-0.2, -0.15) is 34.4 Å². The van der Waals surface area contributed by atoms with Gasteiger partial charge in [0.2, 0.25) is 0 Å². The summed E-state index contributed by atoms with van der Waals surface area (Å²) in [6, 6.07) is 4.93. The van der Waals surface area contributed by atoms with Gasteiger partial charge in [-0.3, -0.25) is 4.55 Å². The standard InChI is InChI=1S/C19H28F4O6S2/c1-7-17(5,6)15(12-16(2,3)4)13-8-10-14(11-9-13)29-31(27,28)19(22,23)18(20,21)30(24,25)26/h8-11,15H,7,12H2,1-6H3,(H,24,25,26). The van der Waals surface area contributed by atoms with E-state index in [9.17, 15) is 34.4 Å². The Bertz CT molecular complexity index is 979. The van der Waals surface area contributed by atoms with Crippen molar-refractivity contribution in [2.24, 2.45) is 10.8 Å². The van der Waals surface area contributed by atoms with E-state index in [2.05, 4.69) is 18.0 Å². The lowest BCUT2D eigenvalue weighted by Gasteiger charge is -2.38. The van der Waals surface area contributed by atoms with Crippen LogP contribution in [0, 0.1) is 10.8 Å². The maximum atomic E-state index is 13.8. The summed E-state index contributed by atoms with van der Waals surface area (Å²) in [4.78, 5) is 0. The van der Waals surface area contributed by atoms with E-state index in [-0.39, 0.29) is 16.7 Å². The smallest absolute Gasteiger partial charge is 0.378 e. The third-order valence-corrected chi connectivity index (χ3v) is 7.47. The number of hydrogen-bond donors (Lipinski definition) is 1. The molecule has 0 saturated carbocycles. The lowest BCUT2D eigenvalue weighted by atomic mass is 9.67. The van der Waals surface area contributed by atoms with Crippen molar-refractivity contribution in [2.75, 3.05) is 0 Å². The second-order valence-electron chi connectivity index (χ2n) is 9.27. The average Bonchev–Trinajstić information content (AvgIpc) is 2.58. The van der Waals surface area contributed by atoms with Gasteiger partial charge in [0.25, 0.3) is 0 Å². The number of alkyl halides is 4. The van der Waals surface area contributed by atoms with Crippen molar-refractivity contribution in [1.82, 2.24) is 0 Å². The fraction of sp³-hybridized carbons (Fsp3) is 0.684. The van der Waals surface area contributed by atoms with Crippen LogP contribution in [-0.2, 0) is 20.2 Å². The Labute approximate surface area is 180 Å². The van der Waals surface area contributed by atoms with Gasteiger partial charge < -0.3 is 4.18 Å². The number of hydrogen-bond acceptors (Lipinski definition) is 5. The molecule has 0 aromatic heterocycles. The van der Waals surface area contributed by atoms with E-state index < -0.39 is 36.5 Å². The third kappa shape index (κ3) is 5.89. The summed E-state index contributed by atoms with van der Waals surface area (Å²) < 4.78 is 111. The zero-order chi connectivity index (χ0) is 24.7. The highest BCUT2D eigenvalue weighted by Gasteiger charge is 2.74. The van der Waals surface area contributed by atoms with Crippen LogP contribution in [0.1, 0.15) is 65.9 Å². The first-order valence-corrected chi connectivity index (χ1v) is 12.2. The topological polar surface area (TPSA) is 97.7 Å². The summed E-state index contributed by atoms with van der Waals surface area (Å²) in [6.07, 6.45) is 1.57. The van der Waals surface area contributed by atoms with E-state index in [1.165, 1.54) is 12.1 Å². The largest absolute Gasteiger partial charge is 0.460 e. The molecule has 0 amide bonds. The van der Waals surface area contributed by atoms with Crippen molar-refractivity contribution in [3.05, 3.63) is 29.8 Å². The minimum absolute atomic E-state index is 0.00784. The zero-order valence-corrected chi connectivity index (χ0v) is 19.8. The molecule has 0 fully saturated rings. The number of halogens is 4. The number of rotatable bonds is 9. The zero-order valence-electron chi connectivity index (χ0n) is 18.1. The maximum Gasteiger partial charge on any atom is 0.460 e. The van der Waals surface area contributed by atoms with Gasteiger partial charge in [0.05, 0.1) is 0 Å². The molecule has 1 aromatic carbocycles. The molecule has 1 unspecified atom stereocenters. The van der Waals surface area contributed by atoms with E-state index in [1.54, 1.807) is 0 Å². The van der Waals surface area contributed by atoms with Gasteiger partial charge in [0.1, 0.15) is 5.75 Å². The Morgan fingerprint density at radius 2 is 1.35 bits per heavy atom. The molecule has 12 heteroatoms. The van der Waals surface area contributed by atoms with Crippen molar-refractivity contribution in [3.8, 4) is 5.75 Å². The third-order valence-electron chi connectivity index (χ3n) is 5.14. The predicted octanol–water partition coefficient (Wildman–Crippen LogP) is 5.42. The molecule has 0 aliphatic carbocycles. The molecular weight excluding hydrogens is 464 g/mol. The van der Waals surface area contributed by atoms with Gasteiger partial charge in [-0.1, -0.05) is 60.1 Å². The fourth-order valence-corrected chi connectivity index (χ4v) is 4.62. The normalized spacial score (nSPS) is 15.6. The molecule has 0 bridgehead atoms. The van der Waals surface area contributed by atoms with Crippen LogP contribution in [0.3, 0.4) is 0 Å². The van der Waals surface area contributed by atoms with Crippen molar-refractivity contribution in [3.63, 3.8) is 0 Å². The summed E-state index contributed by atoms with van der Waals surface area (Å²) in [5, 5.41) is -12.5. The molecule has 1 aromatic rings. The number of benzene rings is 1. The van der Waals surface area contributed by atoms with Crippen LogP contribution in [0.5, 0.6) is 5.75 Å². The maximum absolute atomic E-state index is 13.8. The van der Waals surface area contributed by atoms with Crippen LogP contribution in [0.25, 0.3) is 0 Å². The summed E-state index contributed by atoms with van der Waals surface area (Å²) in [5.74, 6) is -0.702. The Morgan fingerprint density at radius 3 is 1.71 bits per heavy atom. The summed E-state index contributed by atoms with van der Waals surface area (Å²) in [6.45, 7) is 12.3. The molecule has 0 aliphatic heterocycles. The quantitative estimate of drug-likeness (QED) is 0.281. The van der Waals surface area contributed by atoms with Crippen molar-refractivity contribution in [2.45, 2.75) is 70.8 Å². The minimum Gasteiger partial charge on any atom is -0.378 e. The molecule has 180 valence electrons. The molecule has 0 heterocycles. The van der Waals surface area contributed by atoms with Crippen LogP contribution in [0.2, 0.25) is 0 Å². The predicted molar refractivity (Wildman–Crippen MR) is 108 cm³/mol. The SMILES string of the molecule is CCC(C)(C)C(CC(C)(C)C)c1ccc(OS(=O)(=O)C(F)(F)C(F)(F)S(=O)(=O)O)cc1. The highest BCUT2D eigenvalue weighted by atomic mass is 32.2. The summed E-state index contributed by atoms with van der Waals surface area (Å²) >= 11 is 0. The van der Waals surface area contributed by atoms with Crippen molar-refractivity contribution >= 4 is 20.2 Å². The van der Waals surface area contributed by atoms with Gasteiger partial charge in [0, 0.05) is 0 Å². The molecule has 0 radical (unpaired) electrons. The highest BCUT2D eigenvalue weighted by Crippen LogP contribution is 2.46. The molecule has 6 nitrogen and oxygen atoms in total. The molecule has 1 N–H and O–H groups in total. The minimum atomic E-state index is -6.73. The Kier molecular flexibility index (Phi) is 7.59. The molecule has 0 aliphatic rings. The Morgan fingerprint density at radius 1 is 0.903 bits per heavy atom. The first-order chi connectivity index (χ1) is 13.6. The monoisotopic (exact) mass is 492 g/mol. The first-order valence-electron chi connectivity index (χ1n) is 9.36. The van der Waals surface area contributed by atoms with Crippen LogP contribution in [-0.4, -0.2) is 31.9 Å². The van der Waals surface area contributed by atoms with E-state index in [0.717, 1.165) is 30.5 Å². The lowest BCUT2D eigenvalue weighted by molar-refractivity contribution is -0.105. The van der Waals surface area contributed by atoms with Gasteiger partial charge in [0.15, 0.2) is 0 Å². The lowest BCUT2D eigenvalue weighted by Crippen LogP contribution is -2.53. The molecule has 0 saturated heterocycles. The molecule has 0 spiro atoms. The molecule has 1 atom stereocenters. The summed E-state index contributed by atoms with van der Waals surface area (Å²) in [5.41, 5.74) is 0.548. The molecular formula is C19H28F4O6S2. The van der Waals surface area contributed by atoms with Crippen molar-refractivity contribution < 1.29 is 43.1 Å². The van der Waals surface area contributed by atoms with Crippen molar-refractivity contribution in [1.29, 1.82) is 0 Å². The van der Waals surface area contributed by atoms with E-state index in [1.807, 2.05) is 27.7 Å².